The van der Waals surface area contributed by atoms with Crippen LogP contribution in [-0.2, 0) is 14.8 Å². The lowest BCUT2D eigenvalue weighted by atomic mass is 10.1. The molecule has 1 aliphatic heterocycles. The zero-order valence-electron chi connectivity index (χ0n) is 14.8. The maximum absolute atomic E-state index is 13.0. The summed E-state index contributed by atoms with van der Waals surface area (Å²) in [5.41, 5.74) is 0. The Morgan fingerprint density at radius 3 is 2.20 bits per heavy atom. The van der Waals surface area contributed by atoms with Crippen molar-refractivity contribution in [2.24, 2.45) is 0 Å². The number of ether oxygens (including phenoxy) is 2. The molecule has 0 N–H and O–H groups in total. The van der Waals surface area contributed by atoms with Crippen molar-refractivity contribution in [2.45, 2.75) is 30.7 Å². The summed E-state index contributed by atoms with van der Waals surface area (Å²) >= 11 is 3.31. The molecule has 25 heavy (non-hydrogen) atoms. The Labute approximate surface area is 157 Å². The first-order valence-electron chi connectivity index (χ1n) is 7.87. The number of halogens is 1. The minimum atomic E-state index is -3.67. The summed E-state index contributed by atoms with van der Waals surface area (Å²) in [5, 5.41) is 0. The number of methoxy groups -OCH3 is 2. The minimum Gasteiger partial charge on any atom is -0.493 e. The van der Waals surface area contributed by atoms with Crippen LogP contribution in [-0.4, -0.2) is 63.9 Å². The molecular formula is C16H23BrN2O5S. The van der Waals surface area contributed by atoms with Gasteiger partial charge in [0.25, 0.3) is 0 Å². The van der Waals surface area contributed by atoms with E-state index in [4.69, 9.17) is 9.47 Å². The van der Waals surface area contributed by atoms with Crippen LogP contribution < -0.4 is 9.47 Å². The number of rotatable bonds is 5. The molecule has 1 saturated heterocycles. The second-order valence-electron chi connectivity index (χ2n) is 5.90. The molecule has 1 aliphatic rings. The van der Waals surface area contributed by atoms with Crippen molar-refractivity contribution in [1.82, 2.24) is 9.21 Å². The third-order valence-electron chi connectivity index (χ3n) is 4.52. The molecule has 7 nitrogen and oxygen atoms in total. The van der Waals surface area contributed by atoms with Gasteiger partial charge in [0.15, 0.2) is 11.5 Å². The summed E-state index contributed by atoms with van der Waals surface area (Å²) in [6, 6.07) is 3.12. The first-order valence-corrected chi connectivity index (χ1v) is 10.1. The third-order valence-corrected chi connectivity index (χ3v) is 7.38. The lowest BCUT2D eigenvalue weighted by molar-refractivity contribution is -0.130. The second-order valence-corrected chi connectivity index (χ2v) is 8.66. The molecule has 1 heterocycles. The normalized spacial score (nSPS) is 16.5. The predicted octanol–water partition coefficient (Wildman–Crippen LogP) is 2.10. The molecule has 1 fully saturated rings. The van der Waals surface area contributed by atoms with Crippen molar-refractivity contribution in [3.63, 3.8) is 0 Å². The molecule has 0 spiro atoms. The second kappa shape index (κ2) is 7.92. The minimum absolute atomic E-state index is 0.0102. The number of hydrogen-bond donors (Lipinski definition) is 0. The van der Waals surface area contributed by atoms with Gasteiger partial charge in [0.1, 0.15) is 4.90 Å². The number of benzene rings is 1. The van der Waals surface area contributed by atoms with E-state index in [1.54, 1.807) is 18.0 Å². The summed E-state index contributed by atoms with van der Waals surface area (Å²) in [6.07, 6.45) is 1.22. The van der Waals surface area contributed by atoms with Gasteiger partial charge in [-0.1, -0.05) is 0 Å². The van der Waals surface area contributed by atoms with Gasteiger partial charge in [-0.2, -0.15) is 4.31 Å². The quantitative estimate of drug-likeness (QED) is 0.708. The zero-order valence-corrected chi connectivity index (χ0v) is 17.2. The Balaban J connectivity index is 2.24. The molecule has 0 aromatic heterocycles. The highest BCUT2D eigenvalue weighted by atomic mass is 79.9. The number of piperidine rings is 1. The molecule has 0 bridgehead atoms. The molecule has 0 saturated carbocycles. The summed E-state index contributed by atoms with van der Waals surface area (Å²) in [6.45, 7) is 2.25. The van der Waals surface area contributed by atoms with Gasteiger partial charge in [-0.25, -0.2) is 8.42 Å². The van der Waals surface area contributed by atoms with Gasteiger partial charge >= 0.3 is 0 Å². The largest absolute Gasteiger partial charge is 0.493 e. The fraction of sp³-hybridized carbons (Fsp3) is 0.562. The molecule has 0 radical (unpaired) electrons. The van der Waals surface area contributed by atoms with Gasteiger partial charge in [0.2, 0.25) is 15.9 Å². The van der Waals surface area contributed by atoms with E-state index in [2.05, 4.69) is 15.9 Å². The Morgan fingerprint density at radius 2 is 1.72 bits per heavy atom. The maximum Gasteiger partial charge on any atom is 0.244 e. The zero-order chi connectivity index (χ0) is 18.8. The molecule has 0 aliphatic carbocycles. The van der Waals surface area contributed by atoms with E-state index in [0.29, 0.717) is 41.9 Å². The average Bonchev–Trinajstić information content (AvgIpc) is 2.60. The van der Waals surface area contributed by atoms with Crippen LogP contribution in [0.3, 0.4) is 0 Å². The van der Waals surface area contributed by atoms with Gasteiger partial charge in [0, 0.05) is 43.6 Å². The number of carbonyl (C=O) groups excluding carboxylic acids is 1. The van der Waals surface area contributed by atoms with E-state index in [1.165, 1.54) is 31.5 Å². The highest BCUT2D eigenvalue weighted by Crippen LogP contribution is 2.37. The van der Waals surface area contributed by atoms with Crippen LogP contribution in [0.4, 0.5) is 0 Å². The molecule has 1 aromatic carbocycles. The van der Waals surface area contributed by atoms with Crippen LogP contribution in [0.2, 0.25) is 0 Å². The summed E-state index contributed by atoms with van der Waals surface area (Å²) < 4.78 is 38.3. The number of carbonyl (C=O) groups is 1. The van der Waals surface area contributed by atoms with Crippen LogP contribution in [0.1, 0.15) is 19.8 Å². The van der Waals surface area contributed by atoms with E-state index in [9.17, 15) is 13.2 Å². The highest BCUT2D eigenvalue weighted by molar-refractivity contribution is 9.10. The van der Waals surface area contributed by atoms with Gasteiger partial charge in [-0.05, 0) is 34.8 Å². The van der Waals surface area contributed by atoms with Crippen LogP contribution >= 0.6 is 15.9 Å². The smallest absolute Gasteiger partial charge is 0.244 e. The summed E-state index contributed by atoms with van der Waals surface area (Å²) in [4.78, 5) is 13.3. The Morgan fingerprint density at radius 1 is 1.20 bits per heavy atom. The monoisotopic (exact) mass is 434 g/mol. The SMILES string of the molecule is COc1cc(Br)c(S(=O)(=O)N2CCC(N(C)C(C)=O)CC2)cc1OC. The van der Waals surface area contributed by atoms with E-state index in [-0.39, 0.29) is 16.8 Å². The van der Waals surface area contributed by atoms with Crippen LogP contribution in [0, 0.1) is 0 Å². The molecule has 140 valence electrons. The van der Waals surface area contributed by atoms with Crippen molar-refractivity contribution in [3.8, 4) is 11.5 Å². The molecule has 1 amide bonds. The van der Waals surface area contributed by atoms with Crippen LogP contribution in [0.15, 0.2) is 21.5 Å². The van der Waals surface area contributed by atoms with Crippen molar-refractivity contribution >= 4 is 31.9 Å². The Hall–Kier alpha value is -1.32. The highest BCUT2D eigenvalue weighted by Gasteiger charge is 2.33. The summed E-state index contributed by atoms with van der Waals surface area (Å²) in [7, 11) is 1.04. The lowest BCUT2D eigenvalue weighted by Gasteiger charge is -2.35. The molecular weight excluding hydrogens is 412 g/mol. The van der Waals surface area contributed by atoms with Gasteiger partial charge in [-0.3, -0.25) is 4.79 Å². The number of amides is 1. The van der Waals surface area contributed by atoms with Crippen molar-refractivity contribution < 1.29 is 22.7 Å². The Bertz CT molecular complexity index is 745. The first-order chi connectivity index (χ1) is 11.7. The van der Waals surface area contributed by atoms with Gasteiger partial charge < -0.3 is 14.4 Å². The maximum atomic E-state index is 13.0. The number of hydrogen-bond acceptors (Lipinski definition) is 5. The fourth-order valence-electron chi connectivity index (χ4n) is 2.90. The molecule has 1 aromatic rings. The van der Waals surface area contributed by atoms with E-state index in [1.807, 2.05) is 0 Å². The van der Waals surface area contributed by atoms with Crippen LogP contribution in [0.5, 0.6) is 11.5 Å². The molecule has 9 heteroatoms. The third kappa shape index (κ3) is 4.09. The number of nitrogens with zero attached hydrogens (tertiary/aromatic N) is 2. The van der Waals surface area contributed by atoms with Crippen molar-refractivity contribution in [3.05, 3.63) is 16.6 Å². The van der Waals surface area contributed by atoms with Crippen LogP contribution in [0.25, 0.3) is 0 Å². The van der Waals surface area contributed by atoms with Gasteiger partial charge in [0.05, 0.1) is 14.2 Å². The fourth-order valence-corrected chi connectivity index (χ4v) is 5.37. The predicted molar refractivity (Wildman–Crippen MR) is 97.5 cm³/mol. The Kier molecular flexibility index (Phi) is 6.34. The van der Waals surface area contributed by atoms with E-state index < -0.39 is 10.0 Å². The molecule has 0 unspecified atom stereocenters. The lowest BCUT2D eigenvalue weighted by Crippen LogP contribution is -2.46. The number of sulfonamides is 1. The van der Waals surface area contributed by atoms with E-state index in [0.717, 1.165) is 0 Å². The standard InChI is InChI=1S/C16H23BrN2O5S/c1-11(20)18(2)12-5-7-19(8-6-12)25(21,22)16-10-15(24-4)14(23-3)9-13(16)17/h9-10,12H,5-8H2,1-4H3. The summed E-state index contributed by atoms with van der Waals surface area (Å²) in [5.74, 6) is 0.800. The molecule has 2 rings (SSSR count). The average molecular weight is 435 g/mol. The first kappa shape index (κ1) is 20.0. The van der Waals surface area contributed by atoms with Gasteiger partial charge in [-0.15, -0.1) is 0 Å². The van der Waals surface area contributed by atoms with Crippen molar-refractivity contribution in [1.29, 1.82) is 0 Å². The van der Waals surface area contributed by atoms with Crippen molar-refractivity contribution in [2.75, 3.05) is 34.4 Å². The molecule has 0 atom stereocenters. The van der Waals surface area contributed by atoms with E-state index >= 15 is 0 Å². The topological polar surface area (TPSA) is 76.2 Å².